The lowest BCUT2D eigenvalue weighted by Gasteiger charge is -2.12. The van der Waals surface area contributed by atoms with E-state index in [9.17, 15) is 13.2 Å². The molecule has 19 heavy (non-hydrogen) atoms. The standard InChI is InChI=1S/C14H14F3NO/c15-14(16,17)7-8-19-13-6-5-10(9-18)11-3-1-2-4-12(11)13/h1-6H,7-9,18H2. The summed E-state index contributed by atoms with van der Waals surface area (Å²) in [6.07, 6.45) is -5.16. The van der Waals surface area contributed by atoms with Gasteiger partial charge in [-0.25, -0.2) is 0 Å². The first-order valence-electron chi connectivity index (χ1n) is 5.91. The van der Waals surface area contributed by atoms with Crippen molar-refractivity contribution in [3.63, 3.8) is 0 Å². The Balaban J connectivity index is 2.24. The Morgan fingerprint density at radius 3 is 2.32 bits per heavy atom. The number of fused-ring (bicyclic) bond motifs is 1. The SMILES string of the molecule is NCc1ccc(OCCC(F)(F)F)c2ccccc12. The Morgan fingerprint density at radius 1 is 1.00 bits per heavy atom. The molecule has 0 spiro atoms. The molecule has 5 heteroatoms. The van der Waals surface area contributed by atoms with Crippen LogP contribution in [0.1, 0.15) is 12.0 Å². The Morgan fingerprint density at radius 2 is 1.68 bits per heavy atom. The molecule has 0 bridgehead atoms. The largest absolute Gasteiger partial charge is 0.493 e. The van der Waals surface area contributed by atoms with Crippen molar-refractivity contribution in [2.75, 3.05) is 6.61 Å². The van der Waals surface area contributed by atoms with Crippen LogP contribution in [0.5, 0.6) is 5.75 Å². The summed E-state index contributed by atoms with van der Waals surface area (Å²) >= 11 is 0. The van der Waals surface area contributed by atoms with Crippen molar-refractivity contribution in [1.29, 1.82) is 0 Å². The molecule has 2 aromatic carbocycles. The molecule has 0 aliphatic carbocycles. The molecular weight excluding hydrogens is 255 g/mol. The number of hydrogen-bond donors (Lipinski definition) is 1. The summed E-state index contributed by atoms with van der Waals surface area (Å²) in [6, 6.07) is 10.8. The first kappa shape index (κ1) is 13.7. The molecule has 0 atom stereocenters. The number of nitrogens with two attached hydrogens (primary N) is 1. The minimum Gasteiger partial charge on any atom is -0.493 e. The fraction of sp³-hybridized carbons (Fsp3) is 0.286. The molecule has 2 rings (SSSR count). The van der Waals surface area contributed by atoms with Gasteiger partial charge in [-0.15, -0.1) is 0 Å². The maximum atomic E-state index is 12.1. The number of halogens is 3. The van der Waals surface area contributed by atoms with Gasteiger partial charge >= 0.3 is 6.18 Å². The zero-order valence-corrected chi connectivity index (χ0v) is 10.2. The lowest BCUT2D eigenvalue weighted by molar-refractivity contribution is -0.139. The van der Waals surface area contributed by atoms with E-state index in [4.69, 9.17) is 10.5 Å². The summed E-state index contributed by atoms with van der Waals surface area (Å²) in [4.78, 5) is 0. The molecule has 0 unspecified atom stereocenters. The second-order valence-corrected chi connectivity index (χ2v) is 4.19. The number of hydrogen-bond acceptors (Lipinski definition) is 2. The minimum absolute atomic E-state index is 0.378. The second-order valence-electron chi connectivity index (χ2n) is 4.19. The van der Waals surface area contributed by atoms with Crippen LogP contribution in [-0.4, -0.2) is 12.8 Å². The van der Waals surface area contributed by atoms with Crippen molar-refractivity contribution in [2.45, 2.75) is 19.1 Å². The Kier molecular flexibility index (Phi) is 3.95. The molecule has 0 amide bonds. The van der Waals surface area contributed by atoms with E-state index in [2.05, 4.69) is 0 Å². The molecule has 2 N–H and O–H groups in total. The summed E-state index contributed by atoms with van der Waals surface area (Å²) < 4.78 is 41.5. The summed E-state index contributed by atoms with van der Waals surface area (Å²) in [7, 11) is 0. The molecule has 0 aliphatic rings. The van der Waals surface area contributed by atoms with E-state index in [0.29, 0.717) is 12.3 Å². The molecule has 0 aliphatic heterocycles. The summed E-state index contributed by atoms with van der Waals surface area (Å²) in [5.74, 6) is 0.456. The van der Waals surface area contributed by atoms with E-state index in [1.807, 2.05) is 24.3 Å². The lowest BCUT2D eigenvalue weighted by atomic mass is 10.0. The highest BCUT2D eigenvalue weighted by Gasteiger charge is 2.26. The van der Waals surface area contributed by atoms with Gasteiger partial charge in [0.05, 0.1) is 13.0 Å². The first-order chi connectivity index (χ1) is 9.01. The Hall–Kier alpha value is -1.75. The smallest absolute Gasteiger partial charge is 0.392 e. The third-order valence-electron chi connectivity index (χ3n) is 2.84. The molecule has 0 aromatic heterocycles. The Bertz CT molecular complexity index is 566. The van der Waals surface area contributed by atoms with E-state index in [0.717, 1.165) is 16.3 Å². The van der Waals surface area contributed by atoms with Crippen molar-refractivity contribution >= 4 is 10.8 Å². The highest BCUT2D eigenvalue weighted by Crippen LogP contribution is 2.29. The van der Waals surface area contributed by atoms with Crippen LogP contribution in [0, 0.1) is 0 Å². The minimum atomic E-state index is -4.20. The molecule has 0 saturated carbocycles. The molecule has 0 saturated heterocycles. The van der Waals surface area contributed by atoms with Gasteiger partial charge in [0, 0.05) is 11.9 Å². The third-order valence-corrected chi connectivity index (χ3v) is 2.84. The summed E-state index contributed by atoms with van der Waals surface area (Å²) in [5, 5.41) is 1.70. The molecule has 2 aromatic rings. The number of benzene rings is 2. The molecule has 102 valence electrons. The highest BCUT2D eigenvalue weighted by atomic mass is 19.4. The topological polar surface area (TPSA) is 35.2 Å². The highest BCUT2D eigenvalue weighted by molar-refractivity contribution is 5.91. The van der Waals surface area contributed by atoms with Gasteiger partial charge in [-0.1, -0.05) is 30.3 Å². The quantitative estimate of drug-likeness (QED) is 0.919. The van der Waals surface area contributed by atoms with Gasteiger partial charge in [0.1, 0.15) is 5.75 Å². The molecular formula is C14H14F3NO. The van der Waals surface area contributed by atoms with Crippen LogP contribution in [0.15, 0.2) is 36.4 Å². The van der Waals surface area contributed by atoms with Crippen molar-refractivity contribution in [3.05, 3.63) is 42.0 Å². The van der Waals surface area contributed by atoms with E-state index in [1.165, 1.54) is 0 Å². The van der Waals surface area contributed by atoms with E-state index in [1.54, 1.807) is 12.1 Å². The van der Waals surface area contributed by atoms with Gasteiger partial charge in [0.25, 0.3) is 0 Å². The second kappa shape index (κ2) is 5.48. The lowest BCUT2D eigenvalue weighted by Crippen LogP contribution is -2.13. The van der Waals surface area contributed by atoms with Crippen LogP contribution in [-0.2, 0) is 6.54 Å². The van der Waals surface area contributed by atoms with Gasteiger partial charge in [-0.05, 0) is 17.0 Å². The van der Waals surface area contributed by atoms with E-state index >= 15 is 0 Å². The zero-order chi connectivity index (χ0) is 13.9. The van der Waals surface area contributed by atoms with Crippen LogP contribution >= 0.6 is 0 Å². The Labute approximate surface area is 109 Å². The maximum Gasteiger partial charge on any atom is 0.392 e. The average molecular weight is 269 g/mol. The maximum absolute atomic E-state index is 12.1. The van der Waals surface area contributed by atoms with Crippen LogP contribution in [0.4, 0.5) is 13.2 Å². The number of alkyl halides is 3. The average Bonchev–Trinajstić information content (AvgIpc) is 2.37. The van der Waals surface area contributed by atoms with Crippen LogP contribution in [0.2, 0.25) is 0 Å². The van der Waals surface area contributed by atoms with Crippen molar-refractivity contribution in [2.24, 2.45) is 5.73 Å². The monoisotopic (exact) mass is 269 g/mol. The summed E-state index contributed by atoms with van der Waals surface area (Å²) in [6.45, 7) is -0.00118. The zero-order valence-electron chi connectivity index (χ0n) is 10.2. The fourth-order valence-corrected chi connectivity index (χ4v) is 1.91. The normalized spacial score (nSPS) is 11.8. The van der Waals surface area contributed by atoms with E-state index < -0.39 is 12.6 Å². The van der Waals surface area contributed by atoms with Crippen molar-refractivity contribution in [3.8, 4) is 5.75 Å². The van der Waals surface area contributed by atoms with Gasteiger partial charge in [-0.2, -0.15) is 13.2 Å². The van der Waals surface area contributed by atoms with E-state index in [-0.39, 0.29) is 6.61 Å². The number of ether oxygens (including phenoxy) is 1. The van der Waals surface area contributed by atoms with Crippen molar-refractivity contribution in [1.82, 2.24) is 0 Å². The first-order valence-corrected chi connectivity index (χ1v) is 5.91. The third kappa shape index (κ3) is 3.38. The van der Waals surface area contributed by atoms with Crippen LogP contribution in [0.3, 0.4) is 0 Å². The van der Waals surface area contributed by atoms with Gasteiger partial charge in [0.15, 0.2) is 0 Å². The number of rotatable bonds is 4. The van der Waals surface area contributed by atoms with Crippen LogP contribution in [0.25, 0.3) is 10.8 Å². The predicted molar refractivity (Wildman–Crippen MR) is 68.0 cm³/mol. The molecule has 2 nitrogen and oxygen atoms in total. The van der Waals surface area contributed by atoms with Gasteiger partial charge < -0.3 is 10.5 Å². The molecule has 0 heterocycles. The fourth-order valence-electron chi connectivity index (χ4n) is 1.91. The van der Waals surface area contributed by atoms with Crippen LogP contribution < -0.4 is 10.5 Å². The summed E-state index contributed by atoms with van der Waals surface area (Å²) in [5.41, 5.74) is 6.58. The predicted octanol–water partition coefficient (Wildman–Crippen LogP) is 3.63. The molecule has 0 fully saturated rings. The van der Waals surface area contributed by atoms with Gasteiger partial charge in [-0.3, -0.25) is 0 Å². The molecule has 0 radical (unpaired) electrons. The van der Waals surface area contributed by atoms with Gasteiger partial charge in [0.2, 0.25) is 0 Å². The van der Waals surface area contributed by atoms with Crippen molar-refractivity contribution < 1.29 is 17.9 Å².